The first-order valence-corrected chi connectivity index (χ1v) is 7.89. The second kappa shape index (κ2) is 6.51. The lowest BCUT2D eigenvalue weighted by Gasteiger charge is -2.34. The van der Waals surface area contributed by atoms with Gasteiger partial charge in [0.1, 0.15) is 0 Å². The van der Waals surface area contributed by atoms with E-state index in [0.717, 1.165) is 13.0 Å². The quantitative estimate of drug-likeness (QED) is 0.932. The van der Waals surface area contributed by atoms with Crippen LogP contribution in [0, 0.1) is 0 Å². The van der Waals surface area contributed by atoms with Gasteiger partial charge < -0.3 is 5.32 Å². The van der Waals surface area contributed by atoms with Crippen molar-refractivity contribution in [2.24, 2.45) is 0 Å². The molecule has 1 aliphatic rings. The molecular weight excluding hydrogens is 296 g/mol. The summed E-state index contributed by atoms with van der Waals surface area (Å²) in [6, 6.07) is 16.0. The van der Waals surface area contributed by atoms with Crippen LogP contribution in [-0.2, 0) is 11.2 Å². The molecule has 22 heavy (non-hydrogen) atoms. The standard InChI is InChI=1S/C18H19ClN2O/c1-13-15-7-3-2-6-14(15)10-11-21(13)12-18(22)20-17-9-5-4-8-16(17)19/h2-9,13H,10-12H2,1H3,(H,20,22). The van der Waals surface area contributed by atoms with Gasteiger partial charge in [-0.1, -0.05) is 48.0 Å². The summed E-state index contributed by atoms with van der Waals surface area (Å²) in [6.07, 6.45) is 0.986. The number of hydrogen-bond acceptors (Lipinski definition) is 2. The monoisotopic (exact) mass is 314 g/mol. The SMILES string of the molecule is CC1c2ccccc2CCN1CC(=O)Nc1ccccc1Cl. The number of rotatable bonds is 3. The molecule has 1 heterocycles. The van der Waals surface area contributed by atoms with Crippen LogP contribution in [0.5, 0.6) is 0 Å². The number of fused-ring (bicyclic) bond motifs is 1. The summed E-state index contributed by atoms with van der Waals surface area (Å²) in [5.41, 5.74) is 3.37. The molecule has 4 heteroatoms. The van der Waals surface area contributed by atoms with E-state index in [1.807, 2.05) is 18.2 Å². The van der Waals surface area contributed by atoms with Gasteiger partial charge in [-0.2, -0.15) is 0 Å². The molecule has 0 saturated heterocycles. The highest BCUT2D eigenvalue weighted by molar-refractivity contribution is 6.33. The minimum atomic E-state index is -0.0284. The Kier molecular flexibility index (Phi) is 4.46. The lowest BCUT2D eigenvalue weighted by Crippen LogP contribution is -2.39. The Balaban J connectivity index is 1.67. The molecule has 1 N–H and O–H groups in total. The molecule has 114 valence electrons. The number of carbonyl (C=O) groups excluding carboxylic acids is 1. The van der Waals surface area contributed by atoms with Gasteiger partial charge in [0.05, 0.1) is 17.3 Å². The van der Waals surface area contributed by atoms with Crippen LogP contribution in [-0.4, -0.2) is 23.9 Å². The third-order valence-corrected chi connectivity index (χ3v) is 4.55. The predicted octanol–water partition coefficient (Wildman–Crippen LogP) is 3.90. The fourth-order valence-corrected chi connectivity index (χ4v) is 3.16. The van der Waals surface area contributed by atoms with E-state index in [4.69, 9.17) is 11.6 Å². The van der Waals surface area contributed by atoms with Crippen LogP contribution < -0.4 is 5.32 Å². The lowest BCUT2D eigenvalue weighted by molar-refractivity contribution is -0.117. The summed E-state index contributed by atoms with van der Waals surface area (Å²) in [5, 5.41) is 3.45. The number of benzene rings is 2. The first-order valence-electron chi connectivity index (χ1n) is 7.51. The summed E-state index contributed by atoms with van der Waals surface area (Å²) < 4.78 is 0. The Morgan fingerprint density at radius 1 is 1.23 bits per heavy atom. The smallest absolute Gasteiger partial charge is 0.238 e. The van der Waals surface area contributed by atoms with Gasteiger partial charge in [0.25, 0.3) is 0 Å². The Morgan fingerprint density at radius 3 is 2.77 bits per heavy atom. The van der Waals surface area contributed by atoms with Crippen molar-refractivity contribution >= 4 is 23.2 Å². The zero-order valence-corrected chi connectivity index (χ0v) is 13.3. The lowest BCUT2D eigenvalue weighted by atomic mass is 9.94. The molecule has 3 rings (SSSR count). The van der Waals surface area contributed by atoms with E-state index in [0.29, 0.717) is 17.3 Å². The zero-order chi connectivity index (χ0) is 15.5. The molecular formula is C18H19ClN2O. The van der Waals surface area contributed by atoms with Crippen molar-refractivity contribution < 1.29 is 4.79 Å². The fourth-order valence-electron chi connectivity index (χ4n) is 2.98. The number of nitrogens with zero attached hydrogens (tertiary/aromatic N) is 1. The molecule has 2 aromatic carbocycles. The molecule has 2 aromatic rings. The van der Waals surface area contributed by atoms with E-state index in [2.05, 4.69) is 41.4 Å². The summed E-state index contributed by atoms with van der Waals surface area (Å²) in [7, 11) is 0. The summed E-state index contributed by atoms with van der Waals surface area (Å²) >= 11 is 6.08. The van der Waals surface area contributed by atoms with Crippen LogP contribution in [0.3, 0.4) is 0 Å². The fraction of sp³-hybridized carbons (Fsp3) is 0.278. The van der Waals surface area contributed by atoms with Crippen molar-refractivity contribution in [1.82, 2.24) is 4.90 Å². The van der Waals surface area contributed by atoms with Crippen LogP contribution >= 0.6 is 11.6 Å². The van der Waals surface area contributed by atoms with E-state index >= 15 is 0 Å². The molecule has 1 unspecified atom stereocenters. The van der Waals surface area contributed by atoms with Gasteiger partial charge in [0.15, 0.2) is 0 Å². The molecule has 1 atom stereocenters. The minimum absolute atomic E-state index is 0.0284. The van der Waals surface area contributed by atoms with E-state index in [1.165, 1.54) is 11.1 Å². The Labute approximate surface area is 135 Å². The van der Waals surface area contributed by atoms with Crippen LogP contribution in [0.1, 0.15) is 24.1 Å². The normalized spacial score (nSPS) is 17.8. The number of halogens is 1. The van der Waals surface area contributed by atoms with Gasteiger partial charge in [0, 0.05) is 12.6 Å². The molecule has 0 radical (unpaired) electrons. The van der Waals surface area contributed by atoms with Gasteiger partial charge in [-0.25, -0.2) is 0 Å². The first kappa shape index (κ1) is 15.1. The number of para-hydroxylation sites is 1. The summed E-state index contributed by atoms with van der Waals surface area (Å²) in [5.74, 6) is -0.0284. The molecule has 0 aromatic heterocycles. The number of carbonyl (C=O) groups is 1. The van der Waals surface area contributed by atoms with Crippen LogP contribution in [0.15, 0.2) is 48.5 Å². The first-order chi connectivity index (χ1) is 10.6. The molecule has 0 spiro atoms. The van der Waals surface area contributed by atoms with Crippen molar-refractivity contribution in [3.05, 3.63) is 64.7 Å². The van der Waals surface area contributed by atoms with Crippen LogP contribution in [0.25, 0.3) is 0 Å². The second-order valence-corrected chi connectivity index (χ2v) is 6.03. The highest BCUT2D eigenvalue weighted by Crippen LogP contribution is 2.29. The van der Waals surface area contributed by atoms with Crippen LogP contribution in [0.2, 0.25) is 5.02 Å². The average Bonchev–Trinajstić information content (AvgIpc) is 2.53. The largest absolute Gasteiger partial charge is 0.324 e. The third-order valence-electron chi connectivity index (χ3n) is 4.22. The van der Waals surface area contributed by atoms with Gasteiger partial charge in [-0.05, 0) is 36.6 Å². The molecule has 0 aliphatic carbocycles. The Hall–Kier alpha value is -1.84. The van der Waals surface area contributed by atoms with Crippen molar-refractivity contribution in [3.63, 3.8) is 0 Å². The number of anilines is 1. The molecule has 0 saturated carbocycles. The van der Waals surface area contributed by atoms with E-state index in [9.17, 15) is 4.79 Å². The van der Waals surface area contributed by atoms with Crippen molar-refractivity contribution in [3.8, 4) is 0 Å². The maximum Gasteiger partial charge on any atom is 0.238 e. The zero-order valence-electron chi connectivity index (χ0n) is 12.6. The molecule has 0 fully saturated rings. The minimum Gasteiger partial charge on any atom is -0.324 e. The third kappa shape index (κ3) is 3.16. The molecule has 1 aliphatic heterocycles. The predicted molar refractivity (Wildman–Crippen MR) is 90.2 cm³/mol. The van der Waals surface area contributed by atoms with E-state index in [1.54, 1.807) is 6.07 Å². The summed E-state index contributed by atoms with van der Waals surface area (Å²) in [4.78, 5) is 14.5. The number of amides is 1. The maximum atomic E-state index is 12.3. The van der Waals surface area contributed by atoms with E-state index < -0.39 is 0 Å². The summed E-state index contributed by atoms with van der Waals surface area (Å²) in [6.45, 7) is 3.43. The van der Waals surface area contributed by atoms with Gasteiger partial charge >= 0.3 is 0 Å². The average molecular weight is 315 g/mol. The highest BCUT2D eigenvalue weighted by Gasteiger charge is 2.25. The molecule has 1 amide bonds. The highest BCUT2D eigenvalue weighted by atomic mass is 35.5. The second-order valence-electron chi connectivity index (χ2n) is 5.62. The Bertz CT molecular complexity index is 686. The van der Waals surface area contributed by atoms with Crippen molar-refractivity contribution in [2.45, 2.75) is 19.4 Å². The topological polar surface area (TPSA) is 32.3 Å². The molecule has 3 nitrogen and oxygen atoms in total. The van der Waals surface area contributed by atoms with E-state index in [-0.39, 0.29) is 11.9 Å². The van der Waals surface area contributed by atoms with Gasteiger partial charge in [-0.3, -0.25) is 9.69 Å². The van der Waals surface area contributed by atoms with Crippen LogP contribution in [0.4, 0.5) is 5.69 Å². The Morgan fingerprint density at radius 2 is 1.95 bits per heavy atom. The van der Waals surface area contributed by atoms with Gasteiger partial charge in [0.2, 0.25) is 5.91 Å². The van der Waals surface area contributed by atoms with Gasteiger partial charge in [-0.15, -0.1) is 0 Å². The number of hydrogen-bond donors (Lipinski definition) is 1. The number of nitrogens with one attached hydrogen (secondary N) is 1. The van der Waals surface area contributed by atoms with Crippen molar-refractivity contribution in [1.29, 1.82) is 0 Å². The van der Waals surface area contributed by atoms with Crippen molar-refractivity contribution in [2.75, 3.05) is 18.4 Å². The maximum absolute atomic E-state index is 12.3. The molecule has 0 bridgehead atoms.